The van der Waals surface area contributed by atoms with Crippen molar-refractivity contribution < 1.29 is 128 Å². The van der Waals surface area contributed by atoms with Crippen LogP contribution in [0.15, 0.2) is 83.9 Å². The number of alkyl carbamates (subject to hydrolysis) is 1. The first-order chi connectivity index (χ1) is 52.8. The van der Waals surface area contributed by atoms with Gasteiger partial charge in [-0.3, -0.25) is 57.4 Å². The third kappa shape index (κ3) is 30.3. The van der Waals surface area contributed by atoms with Gasteiger partial charge in [-0.05, 0) is 101 Å². The van der Waals surface area contributed by atoms with Gasteiger partial charge in [-0.2, -0.15) is 0 Å². The number of hydrogen-bond donors (Lipinski definition) is 6. The van der Waals surface area contributed by atoms with Crippen molar-refractivity contribution in [3.63, 3.8) is 0 Å². The van der Waals surface area contributed by atoms with Crippen LogP contribution in [0.3, 0.4) is 0 Å². The van der Waals surface area contributed by atoms with E-state index in [-0.39, 0.29) is 64.2 Å². The van der Waals surface area contributed by atoms with Gasteiger partial charge in [-0.1, -0.05) is 54.6 Å². The number of methoxy groups -OCH3 is 2. The lowest BCUT2D eigenvalue weighted by atomic mass is 9.80. The van der Waals surface area contributed by atoms with Gasteiger partial charge in [0, 0.05) is 100 Å². The summed E-state index contributed by atoms with van der Waals surface area (Å²) in [5.74, 6) is -7.40. The number of amides is 6. The summed E-state index contributed by atoms with van der Waals surface area (Å²) in [4.78, 5) is 158. The van der Waals surface area contributed by atoms with Crippen LogP contribution in [0.25, 0.3) is 0 Å². The molecule has 1 unspecified atom stereocenters. The predicted octanol–water partition coefficient (Wildman–Crippen LogP) is 3.88. The highest BCUT2D eigenvalue weighted by Crippen LogP contribution is 2.48. The first-order valence-electron chi connectivity index (χ1n) is 36.2. The van der Waals surface area contributed by atoms with Gasteiger partial charge >= 0.3 is 41.9 Å². The molecule has 614 valence electrons. The first-order valence-corrected chi connectivity index (χ1v) is 37.6. The molecular formula is C75H107N8O27P. The molecule has 2 aliphatic rings. The van der Waals surface area contributed by atoms with E-state index in [0.717, 1.165) is 72.1 Å². The van der Waals surface area contributed by atoms with Crippen molar-refractivity contribution >= 4 is 86.0 Å². The first kappa shape index (κ1) is 92.1. The fraction of sp³-hybridized carbons (Fsp3) is 0.587. The maximum absolute atomic E-state index is 14.3. The van der Waals surface area contributed by atoms with E-state index < -0.39 is 185 Å². The fourth-order valence-corrected chi connectivity index (χ4v) is 14.6. The fourth-order valence-electron chi connectivity index (χ4n) is 12.3. The molecule has 111 heavy (non-hydrogen) atoms. The number of carbonyl (C=O) groups is 12. The van der Waals surface area contributed by atoms with E-state index >= 15 is 0 Å². The van der Waals surface area contributed by atoms with Gasteiger partial charge in [0.05, 0.1) is 20.8 Å². The lowest BCUT2D eigenvalue weighted by Crippen LogP contribution is -2.66. The Bertz CT molecular complexity index is 3500. The Balaban J connectivity index is 1.38. The van der Waals surface area contributed by atoms with Crippen LogP contribution < -0.4 is 41.4 Å². The minimum atomic E-state index is -1.66. The summed E-state index contributed by atoms with van der Waals surface area (Å²) in [6.45, 7) is 13.5. The van der Waals surface area contributed by atoms with E-state index in [9.17, 15) is 57.5 Å². The van der Waals surface area contributed by atoms with Crippen molar-refractivity contribution in [2.45, 2.75) is 200 Å². The van der Waals surface area contributed by atoms with Gasteiger partial charge in [-0.15, -0.1) is 0 Å². The number of unbranched alkanes of at least 4 members (excludes halogenated alkanes) is 1. The summed E-state index contributed by atoms with van der Waals surface area (Å²) in [5, 5.41) is 15.8. The zero-order valence-electron chi connectivity index (χ0n) is 65.4. The number of hydrogen-bond acceptors (Lipinski definition) is 29. The number of nitrogens with one attached hydrogen (secondary N) is 6. The molecule has 6 N–H and O–H groups in total. The van der Waals surface area contributed by atoms with Crippen LogP contribution in [0.2, 0.25) is 0 Å². The molecule has 3 aromatic carbocycles. The molecule has 35 nitrogen and oxygen atoms in total. The molecule has 2 fully saturated rings. The minimum absolute atomic E-state index is 0.0352. The Labute approximate surface area is 647 Å². The van der Waals surface area contributed by atoms with Crippen molar-refractivity contribution in [1.29, 1.82) is 0 Å². The average Bonchev–Trinajstić information content (AvgIpc) is 0.756. The summed E-state index contributed by atoms with van der Waals surface area (Å²) in [6, 6.07) is 20.6. The van der Waals surface area contributed by atoms with E-state index in [0.29, 0.717) is 24.1 Å². The molecule has 0 radical (unpaired) electrons. The Kier molecular flexibility index (Phi) is 39.0. The largest absolute Gasteiger partial charge is 0.497 e. The van der Waals surface area contributed by atoms with Crippen LogP contribution >= 0.6 is 8.30 Å². The monoisotopic (exact) mass is 1580 g/mol. The highest BCUT2D eigenvalue weighted by atomic mass is 31.2. The topological polar surface area (TPSA) is 431 Å². The van der Waals surface area contributed by atoms with Crippen molar-refractivity contribution in [3.05, 3.63) is 95.6 Å². The maximum atomic E-state index is 14.3. The number of rotatable bonds is 44. The van der Waals surface area contributed by atoms with E-state index in [2.05, 4.69) is 69.3 Å². The van der Waals surface area contributed by atoms with Crippen molar-refractivity contribution in [3.8, 4) is 11.5 Å². The van der Waals surface area contributed by atoms with Gasteiger partial charge in [0.2, 0.25) is 29.5 Å². The van der Waals surface area contributed by atoms with Gasteiger partial charge in [0.1, 0.15) is 94.9 Å². The molecule has 6 amide bonds. The Hall–Kier alpha value is -9.48. The van der Waals surface area contributed by atoms with E-state index in [1.165, 1.54) is 0 Å². The summed E-state index contributed by atoms with van der Waals surface area (Å²) in [5.41, 5.74) is 0.990. The van der Waals surface area contributed by atoms with Crippen LogP contribution in [0.4, 0.5) is 4.79 Å². The average molecular weight is 1580 g/mol. The third-order valence-corrected chi connectivity index (χ3v) is 19.4. The number of ether oxygens (including phenoxy) is 14. The van der Waals surface area contributed by atoms with Gasteiger partial charge in [-0.25, -0.2) is 4.79 Å². The van der Waals surface area contributed by atoms with Crippen LogP contribution in [-0.2, 0) is 120 Å². The molecule has 0 spiro atoms. The van der Waals surface area contributed by atoms with E-state index in [4.69, 9.17) is 70.8 Å². The van der Waals surface area contributed by atoms with E-state index in [1.807, 2.05) is 85.1 Å². The molecule has 2 saturated heterocycles. The molecule has 2 aliphatic heterocycles. The van der Waals surface area contributed by atoms with Gasteiger partial charge in [0.25, 0.3) is 0 Å². The Morgan fingerprint density at radius 3 is 1.44 bits per heavy atom. The van der Waals surface area contributed by atoms with Crippen molar-refractivity contribution in [2.75, 3.05) is 86.7 Å². The van der Waals surface area contributed by atoms with Crippen molar-refractivity contribution in [2.24, 2.45) is 4.99 Å². The maximum Gasteiger partial charge on any atom is 0.407 e. The number of carbonyl (C=O) groups excluding carboxylic acids is 12. The van der Waals surface area contributed by atoms with Crippen molar-refractivity contribution in [1.82, 2.24) is 36.6 Å². The van der Waals surface area contributed by atoms with Gasteiger partial charge in [0.15, 0.2) is 37.0 Å². The second-order valence-electron chi connectivity index (χ2n) is 26.3. The molecule has 0 bridgehead atoms. The smallest absolute Gasteiger partial charge is 0.407 e. The number of aliphatic imine (C=N–C) groups is 1. The molecule has 13 atom stereocenters. The number of esters is 6. The predicted molar refractivity (Wildman–Crippen MR) is 397 cm³/mol. The number of benzene rings is 3. The third-order valence-electron chi connectivity index (χ3n) is 16.8. The summed E-state index contributed by atoms with van der Waals surface area (Å²) in [7, 11) is 3.45. The Morgan fingerprint density at radius 1 is 0.541 bits per heavy atom. The van der Waals surface area contributed by atoms with Crippen LogP contribution in [0, 0.1) is 0 Å². The summed E-state index contributed by atoms with van der Waals surface area (Å²) < 4.78 is 89.8. The van der Waals surface area contributed by atoms with Crippen LogP contribution in [0.5, 0.6) is 11.5 Å². The SMILES string of the molecule is C/N=C/CCP(O[C@@H](COC(=O)NCCNC(=O)[C@H](CCCCNC(=O)CO[C@@H]1O[C@H](COC(C)=O)[C@H](OC(C)=O)[C@H](OC(C)=O)[C@H]1NC(C)=O)NC(=O)CO[C@@H]1O[C@H](COC(C)=O)[C@H](OC(C)=O)[C@H](OC(C)=O)[C@H]1NC(C)=O)COC(c1ccccc1)(c1ccc(OC)cc1)c1ccc(OC)cc1)N(C(C)C)C(C)C. The van der Waals surface area contributed by atoms with E-state index in [1.54, 1.807) is 21.3 Å². The molecule has 36 heteroatoms. The second kappa shape index (κ2) is 47.0. The zero-order valence-corrected chi connectivity index (χ0v) is 66.3. The number of nitrogens with zero attached hydrogens (tertiary/aromatic N) is 2. The molecule has 0 aliphatic carbocycles. The van der Waals surface area contributed by atoms with Crippen LogP contribution in [-0.4, -0.2) is 255 Å². The molecule has 2 heterocycles. The normalized spacial score (nSPS) is 20.4. The summed E-state index contributed by atoms with van der Waals surface area (Å²) >= 11 is 0. The molecular weight excluding hydrogens is 1480 g/mol. The second-order valence-corrected chi connectivity index (χ2v) is 28.1. The molecule has 3 aromatic rings. The van der Waals surface area contributed by atoms with Gasteiger partial charge < -0.3 is 108 Å². The molecule has 0 aromatic heterocycles. The zero-order chi connectivity index (χ0) is 81.9. The highest BCUT2D eigenvalue weighted by Gasteiger charge is 2.53. The highest BCUT2D eigenvalue weighted by molar-refractivity contribution is 7.50. The minimum Gasteiger partial charge on any atom is -0.497 e. The molecule has 0 saturated carbocycles. The lowest BCUT2D eigenvalue weighted by molar-refractivity contribution is -0.276. The quantitative estimate of drug-likeness (QED) is 0.0117. The lowest BCUT2D eigenvalue weighted by Gasteiger charge is -2.44. The summed E-state index contributed by atoms with van der Waals surface area (Å²) in [6.07, 6.45) is -10.4. The Morgan fingerprint density at radius 2 is 1.00 bits per heavy atom. The standard InChI is InChI=1S/C75H107N8O27P/c1-44(2)83(45(3)4)111(37-21-33-76-13)110-59(39-103-75(54-22-17-16-18-23-54,55-25-29-57(96-14)30-26-55)56-27-31-58(97-15)32-28-56)38-102-74(95)79-36-35-78-71(94)60(82-64(93)43-101-73-66(81-47(6)85)70(107-53(12)91)68(105-51(10)89)62(109-73)41-99-49(8)87)24-19-20-34-77-63(92)42-100-72-65(80-46(5)84)69(106-52(11)90)67(104-50(9)88)61(108-72)40-98-48(7)86/h16-18,22-23,25-33,44-45,59-62,65-70,72-73H,19-21,24,34-43H2,1-15H3,(H,77,92)(H,78,94)(H,79,95)(H,80,84)(H,81,85)(H,82,93)/b76-33+/t59-,60-,61+,62+,65+,66+,67-,68-,69+,70+,72+,73+,111?/m0/s1. The molecule has 5 rings (SSSR count). The van der Waals surface area contributed by atoms with Crippen LogP contribution in [0.1, 0.15) is 125 Å².